The Labute approximate surface area is 140 Å². The first-order valence-corrected chi connectivity index (χ1v) is 7.87. The van der Waals surface area contributed by atoms with Crippen LogP contribution >= 0.6 is 0 Å². The van der Waals surface area contributed by atoms with Crippen LogP contribution in [0.3, 0.4) is 0 Å². The van der Waals surface area contributed by atoms with Crippen LogP contribution in [-0.4, -0.2) is 30.5 Å². The Kier molecular flexibility index (Phi) is 4.82. The van der Waals surface area contributed by atoms with Crippen LogP contribution in [0.15, 0.2) is 40.8 Å². The number of ether oxygens (including phenoxy) is 1. The summed E-state index contributed by atoms with van der Waals surface area (Å²) < 4.78 is 10.5. The van der Waals surface area contributed by atoms with E-state index in [0.29, 0.717) is 18.1 Å². The maximum absolute atomic E-state index is 12.6. The van der Waals surface area contributed by atoms with Gasteiger partial charge in [0.15, 0.2) is 0 Å². The first-order chi connectivity index (χ1) is 11.7. The fourth-order valence-corrected chi connectivity index (χ4v) is 2.94. The summed E-state index contributed by atoms with van der Waals surface area (Å²) in [5, 5.41) is 11.8. The lowest BCUT2D eigenvalue weighted by atomic mass is 10.2. The molecule has 1 unspecified atom stereocenters. The van der Waals surface area contributed by atoms with Crippen LogP contribution in [0.1, 0.15) is 24.4 Å². The van der Waals surface area contributed by atoms with Gasteiger partial charge < -0.3 is 14.5 Å². The molecule has 1 amide bonds. The molecular weight excluding hydrogens is 306 g/mol. The van der Waals surface area contributed by atoms with Crippen LogP contribution in [0.25, 0.3) is 0 Å². The van der Waals surface area contributed by atoms with E-state index in [1.54, 1.807) is 19.2 Å². The highest BCUT2D eigenvalue weighted by molar-refractivity contribution is 5.95. The number of methoxy groups -OCH3 is 1. The molecule has 6 heteroatoms. The lowest BCUT2D eigenvalue weighted by Crippen LogP contribution is -2.39. The third-order valence-electron chi connectivity index (χ3n) is 4.15. The second kappa shape index (κ2) is 7.20. The predicted molar refractivity (Wildman–Crippen MR) is 88.5 cm³/mol. The van der Waals surface area contributed by atoms with Gasteiger partial charge in [-0.15, -0.1) is 0 Å². The van der Waals surface area contributed by atoms with Crippen molar-refractivity contribution in [2.45, 2.75) is 25.4 Å². The summed E-state index contributed by atoms with van der Waals surface area (Å²) in [7, 11) is 1.61. The van der Waals surface area contributed by atoms with Gasteiger partial charge in [-0.2, -0.15) is 5.26 Å². The van der Waals surface area contributed by atoms with Crippen molar-refractivity contribution in [3.63, 3.8) is 0 Å². The number of rotatable bonds is 5. The smallest absolute Gasteiger partial charge is 0.241 e. The van der Waals surface area contributed by atoms with Crippen molar-refractivity contribution >= 4 is 11.6 Å². The summed E-state index contributed by atoms with van der Waals surface area (Å²) in [6, 6.07) is 12.5. The van der Waals surface area contributed by atoms with Crippen LogP contribution in [0, 0.1) is 11.3 Å². The Hall–Kier alpha value is -2.78. The van der Waals surface area contributed by atoms with Gasteiger partial charge >= 0.3 is 0 Å². The van der Waals surface area contributed by atoms with Gasteiger partial charge in [-0.3, -0.25) is 9.69 Å². The maximum atomic E-state index is 12.6. The van der Waals surface area contributed by atoms with Crippen LogP contribution in [-0.2, 0) is 11.3 Å². The summed E-state index contributed by atoms with van der Waals surface area (Å²) in [5.41, 5.74) is 0.748. The molecule has 2 heterocycles. The van der Waals surface area contributed by atoms with E-state index in [9.17, 15) is 4.79 Å². The highest BCUT2D eigenvalue weighted by atomic mass is 16.5. The molecule has 1 fully saturated rings. The van der Waals surface area contributed by atoms with Crippen LogP contribution in [0.4, 0.5) is 5.69 Å². The average Bonchev–Trinajstić information content (AvgIpc) is 3.25. The molecule has 0 aliphatic carbocycles. The fourth-order valence-electron chi connectivity index (χ4n) is 2.94. The van der Waals surface area contributed by atoms with Crippen molar-refractivity contribution in [2.75, 3.05) is 19.0 Å². The molecule has 1 saturated heterocycles. The number of anilines is 1. The zero-order valence-electron chi connectivity index (χ0n) is 13.5. The highest BCUT2D eigenvalue weighted by Crippen LogP contribution is 2.23. The SMILES string of the molecule is COc1ccc(NC(=O)C2CCCN2Cc2ccc(C#N)o2)cc1. The molecule has 1 aromatic heterocycles. The minimum Gasteiger partial charge on any atom is -0.497 e. The van der Waals surface area contributed by atoms with E-state index in [0.717, 1.165) is 30.8 Å². The van der Waals surface area contributed by atoms with E-state index in [1.807, 2.05) is 30.3 Å². The summed E-state index contributed by atoms with van der Waals surface area (Å²) in [6.45, 7) is 1.37. The number of nitrogens with zero attached hydrogens (tertiary/aromatic N) is 2. The Morgan fingerprint density at radius 3 is 2.83 bits per heavy atom. The van der Waals surface area contributed by atoms with Crippen molar-refractivity contribution < 1.29 is 13.9 Å². The second-order valence-electron chi connectivity index (χ2n) is 5.72. The van der Waals surface area contributed by atoms with Crippen LogP contribution < -0.4 is 10.1 Å². The van der Waals surface area contributed by atoms with E-state index < -0.39 is 0 Å². The van der Waals surface area contributed by atoms with Gasteiger partial charge in [0.2, 0.25) is 11.7 Å². The molecule has 1 aromatic carbocycles. The molecule has 0 saturated carbocycles. The number of furan rings is 1. The molecule has 0 spiro atoms. The minimum absolute atomic E-state index is 0.0234. The van der Waals surface area contributed by atoms with Gasteiger partial charge in [-0.05, 0) is 55.8 Å². The van der Waals surface area contributed by atoms with Crippen LogP contribution in [0.2, 0.25) is 0 Å². The Morgan fingerprint density at radius 2 is 2.17 bits per heavy atom. The molecule has 1 N–H and O–H groups in total. The molecule has 0 radical (unpaired) electrons. The summed E-state index contributed by atoms with van der Waals surface area (Å²) in [6.07, 6.45) is 1.78. The summed E-state index contributed by atoms with van der Waals surface area (Å²) in [5.74, 6) is 1.73. The Morgan fingerprint density at radius 1 is 1.38 bits per heavy atom. The molecule has 0 bridgehead atoms. The molecule has 1 aliphatic rings. The first kappa shape index (κ1) is 16.1. The quantitative estimate of drug-likeness (QED) is 0.914. The molecule has 6 nitrogen and oxygen atoms in total. The first-order valence-electron chi connectivity index (χ1n) is 7.87. The van der Waals surface area contributed by atoms with Gasteiger partial charge in [-0.25, -0.2) is 0 Å². The average molecular weight is 325 g/mol. The molecule has 2 aromatic rings. The number of nitriles is 1. The molecule has 24 heavy (non-hydrogen) atoms. The summed E-state index contributed by atoms with van der Waals surface area (Å²) in [4.78, 5) is 14.6. The molecule has 124 valence electrons. The van der Waals surface area contributed by atoms with Crippen molar-refractivity contribution in [3.8, 4) is 11.8 Å². The van der Waals surface area contributed by atoms with Gasteiger partial charge in [0.1, 0.15) is 17.6 Å². The molecule has 3 rings (SSSR count). The third-order valence-corrected chi connectivity index (χ3v) is 4.15. The number of nitrogens with one attached hydrogen (secondary N) is 1. The number of carbonyl (C=O) groups excluding carboxylic acids is 1. The van der Waals surface area contributed by atoms with E-state index >= 15 is 0 Å². The maximum Gasteiger partial charge on any atom is 0.241 e. The van der Waals surface area contributed by atoms with E-state index in [4.69, 9.17) is 14.4 Å². The lowest BCUT2D eigenvalue weighted by molar-refractivity contribution is -0.120. The van der Waals surface area contributed by atoms with Crippen molar-refractivity contribution in [1.82, 2.24) is 4.90 Å². The Bertz CT molecular complexity index is 746. The number of hydrogen-bond acceptors (Lipinski definition) is 5. The topological polar surface area (TPSA) is 78.5 Å². The molecule has 1 atom stereocenters. The van der Waals surface area contributed by atoms with Crippen LogP contribution in [0.5, 0.6) is 5.75 Å². The van der Waals surface area contributed by atoms with Gasteiger partial charge in [0, 0.05) is 5.69 Å². The number of hydrogen-bond donors (Lipinski definition) is 1. The molecule has 1 aliphatic heterocycles. The van der Waals surface area contributed by atoms with E-state index in [-0.39, 0.29) is 11.9 Å². The largest absolute Gasteiger partial charge is 0.497 e. The lowest BCUT2D eigenvalue weighted by Gasteiger charge is -2.22. The minimum atomic E-state index is -0.192. The standard InChI is InChI=1S/C18H19N3O3/c1-23-14-6-4-13(5-7-14)20-18(22)17-3-2-10-21(17)12-16-9-8-15(11-19)24-16/h4-9,17H,2-3,10,12H2,1H3,(H,20,22). The number of carbonyl (C=O) groups is 1. The van der Waals surface area contributed by atoms with Gasteiger partial charge in [0.05, 0.1) is 19.7 Å². The molecular formula is C18H19N3O3. The van der Waals surface area contributed by atoms with Crippen molar-refractivity contribution in [1.29, 1.82) is 5.26 Å². The summed E-state index contributed by atoms with van der Waals surface area (Å²) >= 11 is 0. The fraction of sp³-hybridized carbons (Fsp3) is 0.333. The zero-order valence-corrected chi connectivity index (χ0v) is 13.5. The van der Waals surface area contributed by atoms with E-state index in [2.05, 4.69) is 10.2 Å². The number of amides is 1. The monoisotopic (exact) mass is 325 g/mol. The number of benzene rings is 1. The zero-order chi connectivity index (χ0) is 16.9. The van der Waals surface area contributed by atoms with Crippen molar-refractivity contribution in [3.05, 3.63) is 47.9 Å². The third kappa shape index (κ3) is 3.58. The second-order valence-corrected chi connectivity index (χ2v) is 5.72. The normalized spacial score (nSPS) is 17.4. The Balaban J connectivity index is 1.63. The van der Waals surface area contributed by atoms with Crippen molar-refractivity contribution in [2.24, 2.45) is 0 Å². The van der Waals surface area contributed by atoms with Gasteiger partial charge in [-0.1, -0.05) is 0 Å². The van der Waals surface area contributed by atoms with Gasteiger partial charge in [0.25, 0.3) is 0 Å². The number of likely N-dealkylation sites (tertiary alicyclic amines) is 1. The predicted octanol–water partition coefficient (Wildman–Crippen LogP) is 2.76. The van der Waals surface area contributed by atoms with E-state index in [1.165, 1.54) is 0 Å². The highest BCUT2D eigenvalue weighted by Gasteiger charge is 2.31.